The Kier molecular flexibility index (Phi) is 4.05. The fourth-order valence-corrected chi connectivity index (χ4v) is 3.26. The molecule has 3 atom stereocenters. The van der Waals surface area contributed by atoms with Gasteiger partial charge in [-0.15, -0.1) is 0 Å². The summed E-state index contributed by atoms with van der Waals surface area (Å²) in [6.45, 7) is 4.47. The van der Waals surface area contributed by atoms with Crippen molar-refractivity contribution in [3.63, 3.8) is 0 Å². The molecule has 2 amide bonds. The zero-order valence-electron chi connectivity index (χ0n) is 13.0. The van der Waals surface area contributed by atoms with Crippen LogP contribution in [0.5, 0.6) is 5.75 Å². The highest BCUT2D eigenvalue weighted by Crippen LogP contribution is 2.31. The number of ether oxygens (including phenoxy) is 1. The number of rotatable bonds is 2. The molecule has 0 spiro atoms. The molecule has 2 aliphatic rings. The van der Waals surface area contributed by atoms with Crippen molar-refractivity contribution in [2.75, 3.05) is 11.9 Å². The summed E-state index contributed by atoms with van der Waals surface area (Å²) in [4.78, 5) is 23.8. The van der Waals surface area contributed by atoms with Crippen LogP contribution in [0.4, 0.5) is 5.69 Å². The lowest BCUT2D eigenvalue weighted by Gasteiger charge is -2.34. The molecule has 0 aromatic heterocycles. The third kappa shape index (κ3) is 2.93. The molecule has 1 aromatic rings. The zero-order chi connectivity index (χ0) is 15.7. The van der Waals surface area contributed by atoms with Gasteiger partial charge in [-0.3, -0.25) is 9.59 Å². The average molecular weight is 302 g/mol. The summed E-state index contributed by atoms with van der Waals surface area (Å²) >= 11 is 0. The van der Waals surface area contributed by atoms with E-state index in [1.165, 1.54) is 6.42 Å². The van der Waals surface area contributed by atoms with E-state index < -0.39 is 0 Å². The molecular formula is C17H22N2O3. The number of hydrogen-bond acceptors (Lipinski definition) is 3. The molecule has 5 nitrogen and oxygen atoms in total. The normalized spacial score (nSPS) is 27.4. The number of fused-ring (bicyclic) bond motifs is 1. The van der Waals surface area contributed by atoms with Crippen LogP contribution >= 0.6 is 0 Å². The van der Waals surface area contributed by atoms with Crippen LogP contribution in [0.15, 0.2) is 18.2 Å². The molecule has 1 heterocycles. The fourth-order valence-electron chi connectivity index (χ4n) is 3.26. The minimum atomic E-state index is -0.195. The quantitative estimate of drug-likeness (QED) is 0.882. The van der Waals surface area contributed by atoms with Crippen molar-refractivity contribution in [1.82, 2.24) is 5.32 Å². The van der Waals surface area contributed by atoms with Gasteiger partial charge in [0.05, 0.1) is 5.69 Å². The predicted molar refractivity (Wildman–Crippen MR) is 84.0 cm³/mol. The molecule has 22 heavy (non-hydrogen) atoms. The summed E-state index contributed by atoms with van der Waals surface area (Å²) in [5.74, 6) is 1.44. The van der Waals surface area contributed by atoms with E-state index in [0.29, 0.717) is 28.8 Å². The lowest BCUT2D eigenvalue weighted by atomic mass is 9.78. The number of amides is 2. The fraction of sp³-hybridized carbons (Fsp3) is 0.529. The molecule has 0 saturated heterocycles. The molecule has 0 bridgehead atoms. The van der Waals surface area contributed by atoms with Crippen LogP contribution in [0.25, 0.3) is 0 Å². The number of carbonyl (C=O) groups is 2. The van der Waals surface area contributed by atoms with Crippen LogP contribution in [0.2, 0.25) is 0 Å². The summed E-state index contributed by atoms with van der Waals surface area (Å²) in [5, 5.41) is 5.87. The van der Waals surface area contributed by atoms with Crippen LogP contribution in [-0.2, 0) is 4.79 Å². The summed E-state index contributed by atoms with van der Waals surface area (Å²) in [6.07, 6.45) is 3.42. The first-order valence-corrected chi connectivity index (χ1v) is 7.92. The van der Waals surface area contributed by atoms with Gasteiger partial charge in [0.15, 0.2) is 6.61 Å². The van der Waals surface area contributed by atoms with Crippen molar-refractivity contribution in [2.45, 2.75) is 39.2 Å². The van der Waals surface area contributed by atoms with Gasteiger partial charge in [-0.1, -0.05) is 26.7 Å². The predicted octanol–water partition coefficient (Wildman–Crippen LogP) is 2.57. The highest BCUT2D eigenvalue weighted by molar-refractivity contribution is 5.99. The number of benzene rings is 1. The Bertz CT molecular complexity index is 600. The molecule has 0 radical (unpaired) electrons. The molecule has 3 rings (SSSR count). The van der Waals surface area contributed by atoms with Crippen molar-refractivity contribution >= 4 is 17.5 Å². The van der Waals surface area contributed by atoms with Crippen molar-refractivity contribution in [3.8, 4) is 5.75 Å². The van der Waals surface area contributed by atoms with Crippen LogP contribution in [-0.4, -0.2) is 24.5 Å². The van der Waals surface area contributed by atoms with Gasteiger partial charge < -0.3 is 15.4 Å². The number of anilines is 1. The third-order valence-corrected chi connectivity index (χ3v) is 4.90. The van der Waals surface area contributed by atoms with E-state index in [4.69, 9.17) is 4.74 Å². The SMILES string of the molecule is CC1CCCC(NC(=O)c2ccc3c(c2)NC(=O)CO3)C1C. The molecule has 5 heteroatoms. The summed E-state index contributed by atoms with van der Waals surface area (Å²) in [5.41, 5.74) is 1.11. The first kappa shape index (κ1) is 14.9. The summed E-state index contributed by atoms with van der Waals surface area (Å²) in [6, 6.07) is 5.37. The monoisotopic (exact) mass is 302 g/mol. The van der Waals surface area contributed by atoms with E-state index in [-0.39, 0.29) is 24.5 Å². The average Bonchev–Trinajstić information content (AvgIpc) is 2.51. The lowest BCUT2D eigenvalue weighted by molar-refractivity contribution is -0.118. The molecule has 3 unspecified atom stereocenters. The van der Waals surface area contributed by atoms with E-state index >= 15 is 0 Å². The maximum Gasteiger partial charge on any atom is 0.262 e. The summed E-state index contributed by atoms with van der Waals surface area (Å²) in [7, 11) is 0. The van der Waals surface area contributed by atoms with E-state index in [9.17, 15) is 9.59 Å². The van der Waals surface area contributed by atoms with Crippen molar-refractivity contribution < 1.29 is 14.3 Å². The maximum absolute atomic E-state index is 12.5. The van der Waals surface area contributed by atoms with Gasteiger partial charge in [0.2, 0.25) is 0 Å². The molecule has 118 valence electrons. The Balaban J connectivity index is 1.72. The lowest BCUT2D eigenvalue weighted by Crippen LogP contribution is -2.43. The second-order valence-electron chi connectivity index (χ2n) is 6.40. The second-order valence-corrected chi connectivity index (χ2v) is 6.40. The maximum atomic E-state index is 12.5. The number of nitrogens with one attached hydrogen (secondary N) is 2. The first-order valence-electron chi connectivity index (χ1n) is 7.92. The topological polar surface area (TPSA) is 67.4 Å². The second kappa shape index (κ2) is 5.99. The van der Waals surface area contributed by atoms with Gasteiger partial charge in [0, 0.05) is 11.6 Å². The van der Waals surface area contributed by atoms with Gasteiger partial charge >= 0.3 is 0 Å². The Morgan fingerprint density at radius 2 is 2.14 bits per heavy atom. The largest absolute Gasteiger partial charge is 0.482 e. The van der Waals surface area contributed by atoms with Crippen molar-refractivity contribution in [2.24, 2.45) is 11.8 Å². The van der Waals surface area contributed by atoms with Crippen LogP contribution < -0.4 is 15.4 Å². The Morgan fingerprint density at radius 3 is 2.95 bits per heavy atom. The smallest absolute Gasteiger partial charge is 0.262 e. The van der Waals surface area contributed by atoms with E-state index in [0.717, 1.165) is 12.8 Å². The highest BCUT2D eigenvalue weighted by atomic mass is 16.5. The number of carbonyl (C=O) groups excluding carboxylic acids is 2. The minimum absolute atomic E-state index is 0.0238. The standard InChI is InChI=1S/C17H22N2O3/c1-10-4-3-5-13(11(10)2)19-17(21)12-6-7-15-14(8-12)18-16(20)9-22-15/h6-8,10-11,13H,3-5,9H2,1-2H3,(H,18,20)(H,19,21). The Labute approximate surface area is 130 Å². The van der Waals surface area contributed by atoms with E-state index in [1.807, 2.05) is 0 Å². The Morgan fingerprint density at radius 1 is 1.32 bits per heavy atom. The Hall–Kier alpha value is -2.04. The van der Waals surface area contributed by atoms with Gasteiger partial charge in [-0.2, -0.15) is 0 Å². The first-order chi connectivity index (χ1) is 10.5. The van der Waals surface area contributed by atoms with Crippen LogP contribution in [0, 0.1) is 11.8 Å². The van der Waals surface area contributed by atoms with Gasteiger partial charge in [-0.05, 0) is 36.5 Å². The van der Waals surface area contributed by atoms with Crippen LogP contribution in [0.1, 0.15) is 43.5 Å². The molecule has 1 aliphatic carbocycles. The molecule has 2 N–H and O–H groups in total. The summed E-state index contributed by atoms with van der Waals surface area (Å²) < 4.78 is 5.31. The van der Waals surface area contributed by atoms with E-state index in [1.54, 1.807) is 18.2 Å². The van der Waals surface area contributed by atoms with Crippen molar-refractivity contribution in [3.05, 3.63) is 23.8 Å². The highest BCUT2D eigenvalue weighted by Gasteiger charge is 2.28. The van der Waals surface area contributed by atoms with Crippen LogP contribution in [0.3, 0.4) is 0 Å². The number of hydrogen-bond donors (Lipinski definition) is 2. The van der Waals surface area contributed by atoms with E-state index in [2.05, 4.69) is 24.5 Å². The minimum Gasteiger partial charge on any atom is -0.482 e. The molecule has 1 fully saturated rings. The van der Waals surface area contributed by atoms with Gasteiger partial charge in [-0.25, -0.2) is 0 Å². The zero-order valence-corrected chi connectivity index (χ0v) is 13.0. The molecule has 1 saturated carbocycles. The third-order valence-electron chi connectivity index (χ3n) is 4.90. The molecular weight excluding hydrogens is 280 g/mol. The van der Waals surface area contributed by atoms with Gasteiger partial charge in [0.1, 0.15) is 5.75 Å². The van der Waals surface area contributed by atoms with Crippen molar-refractivity contribution in [1.29, 1.82) is 0 Å². The molecule has 1 aromatic carbocycles. The van der Waals surface area contributed by atoms with Gasteiger partial charge in [0.25, 0.3) is 11.8 Å². The molecule has 1 aliphatic heterocycles.